The maximum Gasteiger partial charge on any atom is 0.321 e. The number of carbonyl (C=O) groups excluding carboxylic acids is 1. The lowest BCUT2D eigenvalue weighted by Crippen LogP contribution is -2.52. The Balaban J connectivity index is 1.51. The standard InChI is InChI=1S/C14H17N5O2/c1-2-21-13-5-3-11(4-6-13)16-14(20)18-9-12(10-18)19-8-7-15-17-19/h3-8,12H,2,9-10H2,1H3,(H,16,20). The molecular weight excluding hydrogens is 270 g/mol. The summed E-state index contributed by atoms with van der Waals surface area (Å²) in [5.74, 6) is 0.797. The molecule has 0 unspecified atom stereocenters. The van der Waals surface area contributed by atoms with Gasteiger partial charge in [0.05, 0.1) is 18.8 Å². The summed E-state index contributed by atoms with van der Waals surface area (Å²) in [6.07, 6.45) is 3.45. The molecule has 2 amide bonds. The molecule has 0 spiro atoms. The van der Waals surface area contributed by atoms with Crippen LogP contribution in [0.15, 0.2) is 36.7 Å². The van der Waals surface area contributed by atoms with Crippen LogP contribution in [-0.2, 0) is 0 Å². The second-order valence-electron chi connectivity index (χ2n) is 4.83. The molecule has 110 valence electrons. The number of nitrogens with zero attached hydrogens (tertiary/aromatic N) is 4. The lowest BCUT2D eigenvalue weighted by atomic mass is 10.1. The van der Waals surface area contributed by atoms with Crippen LogP contribution >= 0.6 is 0 Å². The van der Waals surface area contributed by atoms with Gasteiger partial charge in [-0.25, -0.2) is 9.48 Å². The predicted molar refractivity (Wildman–Crippen MR) is 77.3 cm³/mol. The Hall–Kier alpha value is -2.57. The summed E-state index contributed by atoms with van der Waals surface area (Å²) < 4.78 is 7.14. The average molecular weight is 287 g/mol. The molecule has 1 aromatic heterocycles. The van der Waals surface area contributed by atoms with Crippen molar-refractivity contribution in [3.63, 3.8) is 0 Å². The molecule has 0 bridgehead atoms. The summed E-state index contributed by atoms with van der Waals surface area (Å²) in [5, 5.41) is 10.6. The van der Waals surface area contributed by atoms with E-state index in [2.05, 4.69) is 15.6 Å². The van der Waals surface area contributed by atoms with Gasteiger partial charge in [0.15, 0.2) is 0 Å². The molecule has 1 aliphatic heterocycles. The number of amides is 2. The summed E-state index contributed by atoms with van der Waals surface area (Å²) >= 11 is 0. The van der Waals surface area contributed by atoms with E-state index in [-0.39, 0.29) is 12.1 Å². The number of benzene rings is 1. The smallest absolute Gasteiger partial charge is 0.321 e. The molecule has 21 heavy (non-hydrogen) atoms. The van der Waals surface area contributed by atoms with Crippen molar-refractivity contribution < 1.29 is 9.53 Å². The van der Waals surface area contributed by atoms with Gasteiger partial charge in [-0.05, 0) is 31.2 Å². The number of rotatable bonds is 4. The molecule has 7 nitrogen and oxygen atoms in total. The minimum Gasteiger partial charge on any atom is -0.494 e. The molecule has 1 saturated heterocycles. The van der Waals surface area contributed by atoms with E-state index in [0.717, 1.165) is 11.4 Å². The molecule has 0 atom stereocenters. The van der Waals surface area contributed by atoms with E-state index in [1.807, 2.05) is 37.4 Å². The summed E-state index contributed by atoms with van der Waals surface area (Å²) in [6, 6.07) is 7.46. The van der Waals surface area contributed by atoms with Crippen LogP contribution < -0.4 is 10.1 Å². The van der Waals surface area contributed by atoms with Gasteiger partial charge in [-0.1, -0.05) is 5.21 Å². The maximum absolute atomic E-state index is 12.1. The first-order chi connectivity index (χ1) is 10.3. The summed E-state index contributed by atoms with van der Waals surface area (Å²) in [4.78, 5) is 13.8. The zero-order chi connectivity index (χ0) is 14.7. The lowest BCUT2D eigenvalue weighted by molar-refractivity contribution is 0.127. The SMILES string of the molecule is CCOc1ccc(NC(=O)N2CC(n3ccnn3)C2)cc1. The van der Waals surface area contributed by atoms with Crippen LogP contribution in [0.4, 0.5) is 10.5 Å². The highest BCUT2D eigenvalue weighted by Gasteiger charge is 2.32. The summed E-state index contributed by atoms with van der Waals surface area (Å²) in [6.45, 7) is 3.85. The molecule has 1 aromatic carbocycles. The highest BCUT2D eigenvalue weighted by Crippen LogP contribution is 2.21. The number of urea groups is 1. The van der Waals surface area contributed by atoms with E-state index < -0.39 is 0 Å². The number of hydrogen-bond donors (Lipinski definition) is 1. The Morgan fingerprint density at radius 3 is 2.76 bits per heavy atom. The zero-order valence-electron chi connectivity index (χ0n) is 11.8. The first kappa shape index (κ1) is 13.4. The van der Waals surface area contributed by atoms with Crippen molar-refractivity contribution >= 4 is 11.7 Å². The van der Waals surface area contributed by atoms with Crippen LogP contribution in [0.3, 0.4) is 0 Å². The average Bonchev–Trinajstić information content (AvgIpc) is 2.93. The van der Waals surface area contributed by atoms with E-state index in [0.29, 0.717) is 19.7 Å². The van der Waals surface area contributed by atoms with Gasteiger partial charge in [-0.15, -0.1) is 5.10 Å². The highest BCUT2D eigenvalue weighted by molar-refractivity contribution is 5.89. The Labute approximate surface area is 122 Å². The van der Waals surface area contributed by atoms with Crippen molar-refractivity contribution in [2.45, 2.75) is 13.0 Å². The minimum absolute atomic E-state index is 0.101. The number of ether oxygens (including phenoxy) is 1. The first-order valence-electron chi connectivity index (χ1n) is 6.91. The van der Waals surface area contributed by atoms with Crippen molar-refractivity contribution in [3.8, 4) is 5.75 Å². The maximum atomic E-state index is 12.1. The van der Waals surface area contributed by atoms with Gasteiger partial charge in [-0.3, -0.25) is 0 Å². The normalized spacial score (nSPS) is 14.6. The molecule has 1 aliphatic rings. The lowest BCUT2D eigenvalue weighted by Gasteiger charge is -2.38. The van der Waals surface area contributed by atoms with Crippen LogP contribution in [0.25, 0.3) is 0 Å². The van der Waals surface area contributed by atoms with Crippen molar-refractivity contribution in [2.24, 2.45) is 0 Å². The van der Waals surface area contributed by atoms with Crippen LogP contribution in [0.5, 0.6) is 5.75 Å². The van der Waals surface area contributed by atoms with Crippen LogP contribution in [-0.4, -0.2) is 45.6 Å². The number of anilines is 1. The topological polar surface area (TPSA) is 72.3 Å². The zero-order valence-corrected chi connectivity index (χ0v) is 11.8. The fourth-order valence-electron chi connectivity index (χ4n) is 2.20. The van der Waals surface area contributed by atoms with Gasteiger partial charge in [0.25, 0.3) is 0 Å². The van der Waals surface area contributed by atoms with E-state index in [1.54, 1.807) is 15.8 Å². The molecule has 1 fully saturated rings. The Kier molecular flexibility index (Phi) is 3.72. The molecule has 3 rings (SSSR count). The van der Waals surface area contributed by atoms with Crippen LogP contribution in [0, 0.1) is 0 Å². The van der Waals surface area contributed by atoms with Gasteiger partial charge in [0, 0.05) is 25.0 Å². The van der Waals surface area contributed by atoms with Gasteiger partial charge in [0.1, 0.15) is 5.75 Å². The second kappa shape index (κ2) is 5.82. The van der Waals surface area contributed by atoms with E-state index in [1.165, 1.54) is 0 Å². The molecule has 0 aliphatic carbocycles. The number of nitrogens with one attached hydrogen (secondary N) is 1. The molecule has 2 heterocycles. The molecule has 0 radical (unpaired) electrons. The molecule has 0 saturated carbocycles. The molecule has 1 N–H and O–H groups in total. The van der Waals surface area contributed by atoms with Gasteiger partial charge in [-0.2, -0.15) is 0 Å². The highest BCUT2D eigenvalue weighted by atomic mass is 16.5. The predicted octanol–water partition coefficient (Wildman–Crippen LogP) is 1.77. The third-order valence-corrected chi connectivity index (χ3v) is 3.38. The van der Waals surface area contributed by atoms with Gasteiger partial charge >= 0.3 is 6.03 Å². The van der Waals surface area contributed by atoms with Crippen molar-refractivity contribution in [3.05, 3.63) is 36.7 Å². The third kappa shape index (κ3) is 2.96. The molecular formula is C14H17N5O2. The van der Waals surface area contributed by atoms with Crippen LogP contribution in [0.2, 0.25) is 0 Å². The van der Waals surface area contributed by atoms with Crippen molar-refractivity contribution in [2.75, 3.05) is 25.0 Å². The summed E-state index contributed by atoms with van der Waals surface area (Å²) in [7, 11) is 0. The number of aromatic nitrogens is 3. The van der Waals surface area contributed by atoms with Gasteiger partial charge < -0.3 is 15.0 Å². The van der Waals surface area contributed by atoms with E-state index in [9.17, 15) is 4.79 Å². The Morgan fingerprint density at radius 2 is 2.14 bits per heavy atom. The first-order valence-corrected chi connectivity index (χ1v) is 6.91. The third-order valence-electron chi connectivity index (χ3n) is 3.38. The second-order valence-corrected chi connectivity index (χ2v) is 4.83. The van der Waals surface area contributed by atoms with Crippen LogP contribution in [0.1, 0.15) is 13.0 Å². The summed E-state index contributed by atoms with van der Waals surface area (Å²) in [5.41, 5.74) is 0.757. The fraction of sp³-hybridized carbons (Fsp3) is 0.357. The number of carbonyl (C=O) groups is 1. The molecule has 2 aromatic rings. The molecule has 7 heteroatoms. The van der Waals surface area contributed by atoms with E-state index >= 15 is 0 Å². The number of likely N-dealkylation sites (tertiary alicyclic amines) is 1. The Morgan fingerprint density at radius 1 is 1.38 bits per heavy atom. The largest absolute Gasteiger partial charge is 0.494 e. The monoisotopic (exact) mass is 287 g/mol. The fourth-order valence-corrected chi connectivity index (χ4v) is 2.20. The number of hydrogen-bond acceptors (Lipinski definition) is 4. The van der Waals surface area contributed by atoms with Crippen molar-refractivity contribution in [1.82, 2.24) is 19.9 Å². The van der Waals surface area contributed by atoms with E-state index in [4.69, 9.17) is 4.74 Å². The Bertz CT molecular complexity index is 590. The van der Waals surface area contributed by atoms with Crippen molar-refractivity contribution in [1.29, 1.82) is 0 Å². The minimum atomic E-state index is -0.101. The van der Waals surface area contributed by atoms with Gasteiger partial charge in [0.2, 0.25) is 0 Å². The quantitative estimate of drug-likeness (QED) is 0.930.